The molecule has 2 unspecified atom stereocenters. The van der Waals surface area contributed by atoms with Gasteiger partial charge in [-0.05, 0) is 31.0 Å². The molecule has 0 aromatic heterocycles. The Bertz CT molecular complexity index is 490. The molecule has 5 heteroatoms. The third-order valence-electron chi connectivity index (χ3n) is 4.01. The molecule has 1 aliphatic rings. The van der Waals surface area contributed by atoms with Crippen LogP contribution in [-0.4, -0.2) is 37.5 Å². The summed E-state index contributed by atoms with van der Waals surface area (Å²) in [6.45, 7) is 4.41. The zero-order chi connectivity index (χ0) is 15.8. The summed E-state index contributed by atoms with van der Waals surface area (Å²) < 4.78 is 0. The van der Waals surface area contributed by atoms with Gasteiger partial charge in [0.25, 0.3) is 0 Å². The molecule has 0 aliphatic carbocycles. The third kappa shape index (κ3) is 5.48. The van der Waals surface area contributed by atoms with Gasteiger partial charge in [-0.2, -0.15) is 0 Å². The normalized spacial score (nSPS) is 21.1. The first kappa shape index (κ1) is 16.5. The number of rotatable bonds is 6. The van der Waals surface area contributed by atoms with Crippen LogP contribution in [0, 0.1) is 5.92 Å². The van der Waals surface area contributed by atoms with Gasteiger partial charge in [-0.15, -0.1) is 0 Å². The molecule has 0 radical (unpaired) electrons. The van der Waals surface area contributed by atoms with Gasteiger partial charge in [0.2, 0.25) is 11.8 Å². The van der Waals surface area contributed by atoms with Crippen molar-refractivity contribution >= 4 is 11.8 Å². The molecule has 0 saturated carbocycles. The molecule has 1 saturated heterocycles. The molecule has 2 rings (SSSR count). The molecule has 2 atom stereocenters. The molecule has 22 heavy (non-hydrogen) atoms. The van der Waals surface area contributed by atoms with Crippen molar-refractivity contribution in [3.8, 4) is 0 Å². The van der Waals surface area contributed by atoms with Crippen LogP contribution in [-0.2, 0) is 16.0 Å². The highest BCUT2D eigenvalue weighted by Crippen LogP contribution is 2.10. The Hall–Kier alpha value is -1.88. The fraction of sp³-hybridized carbons (Fsp3) is 0.529. The monoisotopic (exact) mass is 303 g/mol. The van der Waals surface area contributed by atoms with E-state index >= 15 is 0 Å². The van der Waals surface area contributed by atoms with Crippen LogP contribution in [0.3, 0.4) is 0 Å². The number of carbonyl (C=O) groups excluding carboxylic acids is 2. The molecule has 2 amide bonds. The Morgan fingerprint density at radius 3 is 2.73 bits per heavy atom. The third-order valence-corrected chi connectivity index (χ3v) is 4.01. The van der Waals surface area contributed by atoms with Crippen LogP contribution in [0.4, 0.5) is 0 Å². The Morgan fingerprint density at radius 1 is 1.23 bits per heavy atom. The fourth-order valence-corrected chi connectivity index (χ4v) is 2.67. The van der Waals surface area contributed by atoms with Gasteiger partial charge >= 0.3 is 0 Å². The van der Waals surface area contributed by atoms with Crippen molar-refractivity contribution in [2.24, 2.45) is 5.92 Å². The fourth-order valence-electron chi connectivity index (χ4n) is 2.67. The number of nitrogens with one attached hydrogen (secondary N) is 3. The van der Waals surface area contributed by atoms with Crippen LogP contribution in [0.15, 0.2) is 30.3 Å². The molecule has 0 spiro atoms. The predicted molar refractivity (Wildman–Crippen MR) is 86.4 cm³/mol. The zero-order valence-electron chi connectivity index (χ0n) is 13.1. The van der Waals surface area contributed by atoms with E-state index in [1.807, 2.05) is 30.3 Å². The Labute approximate surface area is 131 Å². The van der Waals surface area contributed by atoms with E-state index in [0.29, 0.717) is 25.3 Å². The minimum atomic E-state index is -0.0470. The lowest BCUT2D eigenvalue weighted by Gasteiger charge is -2.30. The average Bonchev–Trinajstić information content (AvgIpc) is 2.50. The maximum absolute atomic E-state index is 11.9. The van der Waals surface area contributed by atoms with E-state index < -0.39 is 0 Å². The van der Waals surface area contributed by atoms with Crippen LogP contribution in [0.25, 0.3) is 0 Å². The second-order valence-corrected chi connectivity index (χ2v) is 5.91. The van der Waals surface area contributed by atoms with E-state index in [9.17, 15) is 9.59 Å². The van der Waals surface area contributed by atoms with Crippen molar-refractivity contribution in [1.29, 1.82) is 0 Å². The molecule has 120 valence electrons. The first-order chi connectivity index (χ1) is 10.6. The summed E-state index contributed by atoms with van der Waals surface area (Å²) in [6, 6.07) is 9.84. The van der Waals surface area contributed by atoms with Crippen LogP contribution in [0.1, 0.15) is 25.3 Å². The number of carbonyl (C=O) groups is 2. The van der Waals surface area contributed by atoms with Crippen molar-refractivity contribution in [2.45, 2.75) is 32.2 Å². The molecular weight excluding hydrogens is 278 g/mol. The second kappa shape index (κ2) is 8.54. The van der Waals surface area contributed by atoms with Gasteiger partial charge in [0, 0.05) is 19.0 Å². The molecule has 1 heterocycles. The van der Waals surface area contributed by atoms with E-state index in [2.05, 4.69) is 22.9 Å². The first-order valence-corrected chi connectivity index (χ1v) is 7.96. The molecule has 0 bridgehead atoms. The number of benzene rings is 1. The predicted octanol–water partition coefficient (Wildman–Crippen LogP) is 0.850. The second-order valence-electron chi connectivity index (χ2n) is 5.91. The van der Waals surface area contributed by atoms with Gasteiger partial charge in [-0.1, -0.05) is 37.3 Å². The molecular formula is C17H25N3O2. The summed E-state index contributed by atoms with van der Waals surface area (Å²) in [6.07, 6.45) is 1.65. The highest BCUT2D eigenvalue weighted by Gasteiger charge is 2.22. The lowest BCUT2D eigenvalue weighted by atomic mass is 9.95. The van der Waals surface area contributed by atoms with Crippen LogP contribution in [0.5, 0.6) is 0 Å². The van der Waals surface area contributed by atoms with Crippen molar-refractivity contribution in [3.63, 3.8) is 0 Å². The van der Waals surface area contributed by atoms with Crippen molar-refractivity contribution in [2.75, 3.05) is 19.6 Å². The number of amides is 2. The van der Waals surface area contributed by atoms with Gasteiger partial charge in [-0.25, -0.2) is 0 Å². The molecule has 1 aliphatic heterocycles. The number of hydrogen-bond acceptors (Lipinski definition) is 3. The SMILES string of the molecule is CC1CNCCC1NC(=O)CCNC(=O)Cc1ccccc1. The van der Waals surface area contributed by atoms with Crippen molar-refractivity contribution in [3.05, 3.63) is 35.9 Å². The van der Waals surface area contributed by atoms with Gasteiger partial charge in [0.15, 0.2) is 0 Å². The van der Waals surface area contributed by atoms with Gasteiger partial charge in [0.05, 0.1) is 6.42 Å². The summed E-state index contributed by atoms with van der Waals surface area (Å²) in [4.78, 5) is 23.7. The van der Waals surface area contributed by atoms with Gasteiger partial charge in [0.1, 0.15) is 0 Å². The summed E-state index contributed by atoms with van der Waals surface area (Å²) in [5.74, 6) is 0.415. The highest BCUT2D eigenvalue weighted by atomic mass is 16.2. The average molecular weight is 303 g/mol. The minimum absolute atomic E-state index is 0.0127. The van der Waals surface area contributed by atoms with E-state index in [1.165, 1.54) is 0 Å². The van der Waals surface area contributed by atoms with E-state index in [0.717, 1.165) is 25.1 Å². The zero-order valence-corrected chi connectivity index (χ0v) is 13.1. The van der Waals surface area contributed by atoms with E-state index in [1.54, 1.807) is 0 Å². The largest absolute Gasteiger partial charge is 0.355 e. The molecule has 1 fully saturated rings. The molecule has 3 N–H and O–H groups in total. The van der Waals surface area contributed by atoms with Crippen LogP contribution < -0.4 is 16.0 Å². The molecule has 1 aromatic rings. The van der Waals surface area contributed by atoms with Crippen LogP contribution in [0.2, 0.25) is 0 Å². The lowest BCUT2D eigenvalue weighted by molar-refractivity contribution is -0.122. The summed E-state index contributed by atoms with van der Waals surface area (Å²) in [5, 5.41) is 9.17. The maximum atomic E-state index is 11.9. The number of piperidine rings is 1. The highest BCUT2D eigenvalue weighted by molar-refractivity contribution is 5.80. The Kier molecular flexibility index (Phi) is 6.40. The first-order valence-electron chi connectivity index (χ1n) is 7.96. The molecule has 5 nitrogen and oxygen atoms in total. The topological polar surface area (TPSA) is 70.2 Å². The maximum Gasteiger partial charge on any atom is 0.224 e. The quantitative estimate of drug-likeness (QED) is 0.730. The Morgan fingerprint density at radius 2 is 2.00 bits per heavy atom. The number of hydrogen-bond donors (Lipinski definition) is 3. The van der Waals surface area contributed by atoms with E-state index in [4.69, 9.17) is 0 Å². The lowest BCUT2D eigenvalue weighted by Crippen LogP contribution is -2.48. The van der Waals surface area contributed by atoms with Crippen LogP contribution >= 0.6 is 0 Å². The Balaban J connectivity index is 1.63. The van der Waals surface area contributed by atoms with Gasteiger partial charge in [-0.3, -0.25) is 9.59 Å². The van der Waals surface area contributed by atoms with Crippen molar-refractivity contribution < 1.29 is 9.59 Å². The molecule has 1 aromatic carbocycles. The summed E-state index contributed by atoms with van der Waals surface area (Å²) in [7, 11) is 0. The standard InChI is InChI=1S/C17H25N3O2/c1-13-12-18-9-7-15(13)20-16(21)8-10-19-17(22)11-14-5-3-2-4-6-14/h2-6,13,15,18H,7-12H2,1H3,(H,19,22)(H,20,21). The summed E-state index contributed by atoms with van der Waals surface area (Å²) >= 11 is 0. The van der Waals surface area contributed by atoms with Crippen molar-refractivity contribution in [1.82, 2.24) is 16.0 Å². The summed E-state index contributed by atoms with van der Waals surface area (Å²) in [5.41, 5.74) is 0.980. The smallest absolute Gasteiger partial charge is 0.224 e. The van der Waals surface area contributed by atoms with Gasteiger partial charge < -0.3 is 16.0 Å². The minimum Gasteiger partial charge on any atom is -0.355 e. The van der Waals surface area contributed by atoms with E-state index in [-0.39, 0.29) is 17.9 Å².